The van der Waals surface area contributed by atoms with Crippen LogP contribution in [-0.2, 0) is 24.9 Å². The van der Waals surface area contributed by atoms with Gasteiger partial charge in [0.05, 0.1) is 28.4 Å². The number of carbonyl (C=O) groups is 1. The summed E-state index contributed by atoms with van der Waals surface area (Å²) in [6, 6.07) is 5.00. The van der Waals surface area contributed by atoms with Crippen LogP contribution in [0.15, 0.2) is 12.2 Å². The lowest BCUT2D eigenvalue weighted by Gasteiger charge is -2.49. The average Bonchev–Trinajstić information content (AvgIpc) is 3.81. The summed E-state index contributed by atoms with van der Waals surface area (Å²) < 4.78 is 8.31. The topological polar surface area (TPSA) is 156 Å². The normalized spacial score (nSPS) is 22.3. The molecule has 5 aliphatic rings. The first kappa shape index (κ1) is 31.9. The van der Waals surface area contributed by atoms with Crippen molar-refractivity contribution >= 4 is 45.5 Å². The average molecular weight is 700 g/mol. The minimum Gasteiger partial charge on any atom is -0.461 e. The number of anilines is 3. The molecule has 8 rings (SSSR count). The summed E-state index contributed by atoms with van der Waals surface area (Å²) in [5.41, 5.74) is 10.0. The fourth-order valence-electron chi connectivity index (χ4n) is 8.67. The standard InChI is InChI=1S/C34H38ClN11O2S/c1-20-12-34(7-4-10-45(34)15-20)19-48-32-39-29(43-9-5-11-46-23(16-43)26(35)27(41-46)31(47)42(2)3)22(14-37)30(40-32)44-17-33(18-44)8-6-24-25(33)21(13-36)28(38)49-24/h1,4-12,15-19,38H2,2-3H3. The zero-order valence-corrected chi connectivity index (χ0v) is 29.3. The van der Waals surface area contributed by atoms with Gasteiger partial charge in [-0.2, -0.15) is 25.6 Å². The van der Waals surface area contributed by atoms with Crippen LogP contribution in [0.2, 0.25) is 5.02 Å². The molecule has 13 nitrogen and oxygen atoms in total. The third-order valence-corrected chi connectivity index (χ3v) is 12.5. The second-order valence-corrected chi connectivity index (χ2v) is 15.8. The highest BCUT2D eigenvalue weighted by molar-refractivity contribution is 7.16. The number of fused-ring (bicyclic) bond motifs is 4. The summed E-state index contributed by atoms with van der Waals surface area (Å²) in [5.74, 6) is 0.724. The summed E-state index contributed by atoms with van der Waals surface area (Å²) in [4.78, 5) is 32.0. The molecule has 3 fully saturated rings. The fourth-order valence-corrected chi connectivity index (χ4v) is 10.1. The van der Waals surface area contributed by atoms with Crippen LogP contribution >= 0.6 is 22.9 Å². The van der Waals surface area contributed by atoms with E-state index < -0.39 is 0 Å². The summed E-state index contributed by atoms with van der Waals surface area (Å²) in [6.45, 7) is 9.28. The molecule has 0 radical (unpaired) electrons. The Balaban J connectivity index is 1.16. The fraction of sp³-hybridized carbons (Fsp3) is 0.529. The second-order valence-electron chi connectivity index (χ2n) is 14.3. The Morgan fingerprint density at radius 3 is 2.57 bits per heavy atom. The first-order valence-corrected chi connectivity index (χ1v) is 17.9. The van der Waals surface area contributed by atoms with E-state index in [1.54, 1.807) is 18.8 Å². The zero-order valence-electron chi connectivity index (χ0n) is 27.8. The van der Waals surface area contributed by atoms with Crippen molar-refractivity contribution in [3.05, 3.63) is 50.1 Å². The molecule has 4 aliphatic heterocycles. The zero-order chi connectivity index (χ0) is 34.2. The largest absolute Gasteiger partial charge is 0.461 e. The number of aryl methyl sites for hydroxylation is 2. The molecule has 254 valence electrons. The van der Waals surface area contributed by atoms with Gasteiger partial charge in [0.2, 0.25) is 0 Å². The van der Waals surface area contributed by atoms with Crippen LogP contribution in [0.3, 0.4) is 0 Å². The monoisotopic (exact) mass is 699 g/mol. The molecule has 1 amide bonds. The van der Waals surface area contributed by atoms with E-state index in [0.717, 1.165) is 50.8 Å². The number of hydrogen-bond acceptors (Lipinski definition) is 12. The molecule has 3 aromatic heterocycles. The molecule has 1 spiro atoms. The van der Waals surface area contributed by atoms with E-state index in [2.05, 4.69) is 33.6 Å². The van der Waals surface area contributed by atoms with Crippen LogP contribution in [0.1, 0.15) is 69.9 Å². The number of nitrogens with two attached hydrogens (primary N) is 1. The minimum absolute atomic E-state index is 0.125. The number of hydrogen-bond donors (Lipinski definition) is 1. The second kappa shape index (κ2) is 11.6. The van der Waals surface area contributed by atoms with Crippen molar-refractivity contribution < 1.29 is 9.53 Å². The molecule has 7 heterocycles. The molecule has 1 aliphatic carbocycles. The molecule has 1 unspecified atom stereocenters. The van der Waals surface area contributed by atoms with Gasteiger partial charge >= 0.3 is 6.01 Å². The highest BCUT2D eigenvalue weighted by atomic mass is 35.5. The maximum atomic E-state index is 12.9. The number of aromatic nitrogens is 4. The van der Waals surface area contributed by atoms with Crippen LogP contribution in [-0.4, -0.2) is 94.4 Å². The Bertz CT molecular complexity index is 1980. The number of nitrogens with zero attached hydrogens (tertiary/aromatic N) is 10. The van der Waals surface area contributed by atoms with Gasteiger partial charge in [-0.15, -0.1) is 11.3 Å². The first-order chi connectivity index (χ1) is 23.6. The maximum Gasteiger partial charge on any atom is 0.320 e. The molecular weight excluding hydrogens is 662 g/mol. The van der Waals surface area contributed by atoms with Gasteiger partial charge in [-0.1, -0.05) is 23.8 Å². The van der Waals surface area contributed by atoms with Crippen molar-refractivity contribution in [3.63, 3.8) is 0 Å². The third kappa shape index (κ3) is 4.95. The van der Waals surface area contributed by atoms with E-state index in [1.807, 2.05) is 4.90 Å². The van der Waals surface area contributed by atoms with E-state index in [4.69, 9.17) is 32.0 Å². The molecule has 3 aromatic rings. The lowest BCUT2D eigenvalue weighted by molar-refractivity contribution is 0.0821. The van der Waals surface area contributed by atoms with Crippen molar-refractivity contribution in [2.75, 3.05) is 69.0 Å². The number of nitrogen functional groups attached to an aromatic ring is 1. The predicted molar refractivity (Wildman–Crippen MR) is 186 cm³/mol. The van der Waals surface area contributed by atoms with Gasteiger partial charge in [-0.3, -0.25) is 14.4 Å². The quantitative estimate of drug-likeness (QED) is 0.374. The summed E-state index contributed by atoms with van der Waals surface area (Å²) in [5, 5.41) is 26.1. The molecule has 2 N–H and O–H groups in total. The third-order valence-electron chi connectivity index (χ3n) is 11.0. The van der Waals surface area contributed by atoms with E-state index in [-0.39, 0.29) is 28.6 Å². The molecular formula is C34H38ClN11O2S. The number of amides is 1. The summed E-state index contributed by atoms with van der Waals surface area (Å²) in [6.07, 6.45) is 5.53. The van der Waals surface area contributed by atoms with E-state index in [9.17, 15) is 15.3 Å². The predicted octanol–water partition coefficient (Wildman–Crippen LogP) is 3.70. The summed E-state index contributed by atoms with van der Waals surface area (Å²) in [7, 11) is 3.34. The van der Waals surface area contributed by atoms with Crippen LogP contribution in [0.5, 0.6) is 6.01 Å². The van der Waals surface area contributed by atoms with Crippen molar-refractivity contribution in [1.82, 2.24) is 29.5 Å². The first-order valence-electron chi connectivity index (χ1n) is 16.7. The van der Waals surface area contributed by atoms with Crippen molar-refractivity contribution in [1.29, 1.82) is 10.5 Å². The number of halogens is 1. The van der Waals surface area contributed by atoms with Gasteiger partial charge in [-0.25, -0.2) is 0 Å². The van der Waals surface area contributed by atoms with Crippen molar-refractivity contribution in [2.24, 2.45) is 0 Å². The maximum absolute atomic E-state index is 12.9. The number of nitriles is 2. The van der Waals surface area contributed by atoms with Gasteiger partial charge in [0, 0.05) is 57.1 Å². The minimum atomic E-state index is -0.265. The van der Waals surface area contributed by atoms with E-state index in [0.29, 0.717) is 84.2 Å². The van der Waals surface area contributed by atoms with Gasteiger partial charge in [0.1, 0.15) is 29.3 Å². The van der Waals surface area contributed by atoms with Gasteiger partial charge in [0.25, 0.3) is 5.91 Å². The Kier molecular flexibility index (Phi) is 7.55. The SMILES string of the molecule is C=C1CN2CCCC2(COc2nc(N3CCCn4nc(C(=O)N(C)C)c(Cl)c4C3)c(C#N)c(N3CC4(CCc5sc(N)c(C#N)c54)C3)n2)C1. The van der Waals surface area contributed by atoms with E-state index >= 15 is 0 Å². The van der Waals surface area contributed by atoms with Crippen LogP contribution < -0.4 is 20.3 Å². The smallest absolute Gasteiger partial charge is 0.320 e. The highest BCUT2D eigenvalue weighted by Crippen LogP contribution is 2.53. The molecule has 15 heteroatoms. The van der Waals surface area contributed by atoms with Gasteiger partial charge < -0.3 is 25.2 Å². The van der Waals surface area contributed by atoms with Crippen molar-refractivity contribution in [3.8, 4) is 18.1 Å². The van der Waals surface area contributed by atoms with Crippen LogP contribution in [0.25, 0.3) is 0 Å². The van der Waals surface area contributed by atoms with Crippen LogP contribution in [0.4, 0.5) is 16.6 Å². The number of rotatable bonds is 6. The van der Waals surface area contributed by atoms with E-state index in [1.165, 1.54) is 26.7 Å². The van der Waals surface area contributed by atoms with Gasteiger partial charge in [0.15, 0.2) is 17.3 Å². The highest BCUT2D eigenvalue weighted by Gasteiger charge is 2.52. The molecule has 1 atom stereocenters. The molecule has 3 saturated heterocycles. The lowest BCUT2D eigenvalue weighted by Crippen LogP contribution is -2.59. The summed E-state index contributed by atoms with van der Waals surface area (Å²) >= 11 is 8.33. The Morgan fingerprint density at radius 2 is 1.84 bits per heavy atom. The van der Waals surface area contributed by atoms with Gasteiger partial charge in [-0.05, 0) is 50.6 Å². The Labute approximate surface area is 294 Å². The Hall–Kier alpha value is -4.37. The number of carbonyl (C=O) groups excluding carboxylic acids is 1. The molecule has 49 heavy (non-hydrogen) atoms. The van der Waals surface area contributed by atoms with Crippen LogP contribution in [0, 0.1) is 22.7 Å². The molecule has 0 aromatic carbocycles. The van der Waals surface area contributed by atoms with Crippen molar-refractivity contribution in [2.45, 2.75) is 62.6 Å². The number of ether oxygens (including phenoxy) is 1. The molecule has 0 saturated carbocycles. The number of thiophene rings is 1. The molecule has 0 bridgehead atoms. The Morgan fingerprint density at radius 1 is 1.08 bits per heavy atom. The lowest BCUT2D eigenvalue weighted by atomic mass is 9.74.